The van der Waals surface area contributed by atoms with Gasteiger partial charge in [-0.3, -0.25) is 9.78 Å². The molecule has 2 aromatic heterocycles. The van der Waals surface area contributed by atoms with Crippen LogP contribution < -0.4 is 5.32 Å². The summed E-state index contributed by atoms with van der Waals surface area (Å²) in [4.78, 5) is 30.8. The lowest BCUT2D eigenvalue weighted by molar-refractivity contribution is -0.123. The number of hydrogen-bond acceptors (Lipinski definition) is 5. The first-order chi connectivity index (χ1) is 14.8. The number of rotatable bonds is 5. The van der Waals surface area contributed by atoms with E-state index < -0.39 is 18.0 Å². The van der Waals surface area contributed by atoms with E-state index in [0.717, 1.165) is 41.4 Å². The largest absolute Gasteiger partial charge is 0.449 e. The van der Waals surface area contributed by atoms with E-state index in [4.69, 9.17) is 9.72 Å². The summed E-state index contributed by atoms with van der Waals surface area (Å²) in [5.74, 6) is 0.169. The average Bonchev–Trinajstić information content (AvgIpc) is 3.20. The van der Waals surface area contributed by atoms with E-state index in [1.165, 1.54) is 0 Å². The van der Waals surface area contributed by atoms with E-state index in [0.29, 0.717) is 17.3 Å². The topological polar surface area (TPSA) is 86.1 Å². The predicted octanol–water partition coefficient (Wildman–Crippen LogP) is 4.32. The number of fused-ring (bicyclic) bond motifs is 2. The van der Waals surface area contributed by atoms with Gasteiger partial charge in [0, 0.05) is 23.2 Å². The molecule has 1 amide bonds. The van der Waals surface area contributed by atoms with Gasteiger partial charge < -0.3 is 10.1 Å². The van der Waals surface area contributed by atoms with Crippen molar-refractivity contribution in [2.24, 2.45) is 5.92 Å². The van der Waals surface area contributed by atoms with Gasteiger partial charge in [-0.15, -0.1) is 0 Å². The van der Waals surface area contributed by atoms with E-state index in [-0.39, 0.29) is 6.04 Å². The van der Waals surface area contributed by atoms with Crippen molar-refractivity contribution in [3.05, 3.63) is 53.3 Å². The minimum absolute atomic E-state index is 0.0971. The quantitative estimate of drug-likeness (QED) is 0.621. The summed E-state index contributed by atoms with van der Waals surface area (Å²) in [6.45, 7) is 7.72. The molecule has 1 N–H and O–H groups in total. The lowest BCUT2D eigenvalue weighted by Gasteiger charge is -2.24. The van der Waals surface area contributed by atoms with Crippen LogP contribution in [0.25, 0.3) is 10.9 Å². The molecular weight excluding hydrogens is 392 g/mol. The number of carbonyl (C=O) groups is 2. The van der Waals surface area contributed by atoms with Crippen molar-refractivity contribution in [2.75, 3.05) is 5.32 Å². The van der Waals surface area contributed by atoms with Crippen LogP contribution in [0.2, 0.25) is 0 Å². The lowest BCUT2D eigenvalue weighted by Crippen LogP contribution is -2.31. The Morgan fingerprint density at radius 2 is 1.97 bits per heavy atom. The van der Waals surface area contributed by atoms with Crippen LogP contribution in [-0.4, -0.2) is 32.7 Å². The van der Waals surface area contributed by atoms with Crippen LogP contribution in [0, 0.1) is 5.92 Å². The monoisotopic (exact) mass is 420 g/mol. The van der Waals surface area contributed by atoms with Crippen LogP contribution >= 0.6 is 0 Å². The number of nitrogens with zero attached hydrogens (tertiary/aromatic N) is 3. The molecule has 31 heavy (non-hydrogen) atoms. The van der Waals surface area contributed by atoms with Crippen LogP contribution in [-0.2, 0) is 22.4 Å². The number of amides is 1. The summed E-state index contributed by atoms with van der Waals surface area (Å²) in [5, 5.41) is 7.79. The molecule has 0 saturated carbocycles. The molecule has 2 atom stereocenters. The summed E-state index contributed by atoms with van der Waals surface area (Å²) < 4.78 is 7.36. The molecule has 1 aliphatic carbocycles. The Bertz CT molecular complexity index is 1140. The van der Waals surface area contributed by atoms with Crippen molar-refractivity contribution in [1.82, 2.24) is 14.8 Å². The molecule has 0 radical (unpaired) electrons. The minimum Gasteiger partial charge on any atom is -0.449 e. The Morgan fingerprint density at radius 3 is 2.74 bits per heavy atom. The zero-order chi connectivity index (χ0) is 22.1. The van der Waals surface area contributed by atoms with E-state index in [9.17, 15) is 9.59 Å². The summed E-state index contributed by atoms with van der Waals surface area (Å²) in [6.07, 6.45) is 3.35. The number of nitrogens with one attached hydrogen (secondary N) is 1. The summed E-state index contributed by atoms with van der Waals surface area (Å²) in [6, 6.07) is 9.43. The molecule has 7 nitrogen and oxygen atoms in total. The third-order valence-electron chi connectivity index (χ3n) is 5.77. The van der Waals surface area contributed by atoms with Gasteiger partial charge >= 0.3 is 5.97 Å². The Balaban J connectivity index is 1.60. The molecule has 2 heterocycles. The first kappa shape index (κ1) is 21.0. The second-order valence-electron chi connectivity index (χ2n) is 8.57. The molecule has 0 unspecified atom stereocenters. The molecule has 1 aromatic carbocycles. The van der Waals surface area contributed by atoms with E-state index in [1.807, 2.05) is 38.1 Å². The number of pyridine rings is 1. The smallest absolute Gasteiger partial charge is 0.339 e. The molecule has 4 rings (SSSR count). The predicted molar refractivity (Wildman–Crippen MR) is 119 cm³/mol. The fraction of sp³-hybridized carbons (Fsp3) is 0.417. The van der Waals surface area contributed by atoms with E-state index >= 15 is 0 Å². The highest BCUT2D eigenvalue weighted by atomic mass is 16.5. The van der Waals surface area contributed by atoms with Crippen molar-refractivity contribution in [3.8, 4) is 0 Å². The lowest BCUT2D eigenvalue weighted by atomic mass is 9.84. The Hall–Kier alpha value is -3.22. The van der Waals surface area contributed by atoms with Crippen molar-refractivity contribution in [2.45, 2.75) is 59.1 Å². The van der Waals surface area contributed by atoms with Crippen molar-refractivity contribution in [3.63, 3.8) is 0 Å². The number of esters is 1. The SMILES string of the molecule is CC(C)n1nccc1NC(=O)[C@H](C)OC(=O)c1c2c(nc3ccccc13)CC[C@@H](C)C2. The number of anilines is 1. The molecule has 0 saturated heterocycles. The maximum atomic E-state index is 13.3. The van der Waals surface area contributed by atoms with Crippen molar-refractivity contribution in [1.29, 1.82) is 0 Å². The van der Waals surface area contributed by atoms with E-state index in [2.05, 4.69) is 17.3 Å². The molecule has 162 valence electrons. The van der Waals surface area contributed by atoms with Gasteiger partial charge in [0.25, 0.3) is 5.91 Å². The Labute approximate surface area is 181 Å². The Morgan fingerprint density at radius 1 is 1.19 bits per heavy atom. The van der Waals surface area contributed by atoms with Crippen molar-refractivity contribution < 1.29 is 14.3 Å². The fourth-order valence-electron chi connectivity index (χ4n) is 4.12. The number of ether oxygens (including phenoxy) is 1. The first-order valence-electron chi connectivity index (χ1n) is 10.8. The third kappa shape index (κ3) is 4.17. The van der Waals surface area contributed by atoms with Gasteiger partial charge in [-0.25, -0.2) is 9.48 Å². The molecular formula is C24H28N4O3. The zero-order valence-corrected chi connectivity index (χ0v) is 18.4. The number of benzene rings is 1. The highest BCUT2D eigenvalue weighted by Gasteiger charge is 2.28. The standard InChI is InChI=1S/C24H28N4O3/c1-14(2)28-21(11-12-25-28)27-23(29)16(4)31-24(30)22-17-7-5-6-8-19(17)26-20-10-9-15(3)13-18(20)22/h5-8,11-12,14-16H,9-10,13H2,1-4H3,(H,27,29)/t15-,16+/m1/s1. The van der Waals surface area contributed by atoms with Gasteiger partial charge in [-0.2, -0.15) is 5.10 Å². The zero-order valence-electron chi connectivity index (χ0n) is 18.4. The normalized spacial score (nSPS) is 16.7. The van der Waals surface area contributed by atoms with Gasteiger partial charge in [0.1, 0.15) is 5.82 Å². The van der Waals surface area contributed by atoms with Gasteiger partial charge in [0.15, 0.2) is 6.10 Å². The highest BCUT2D eigenvalue weighted by molar-refractivity contribution is 6.06. The number of para-hydroxylation sites is 1. The van der Waals surface area contributed by atoms with Crippen LogP contribution in [0.5, 0.6) is 0 Å². The molecule has 0 aliphatic heterocycles. The first-order valence-corrected chi connectivity index (χ1v) is 10.8. The minimum atomic E-state index is -0.952. The molecule has 0 bridgehead atoms. The van der Waals surface area contributed by atoms with Crippen molar-refractivity contribution >= 4 is 28.6 Å². The van der Waals surface area contributed by atoms with E-state index in [1.54, 1.807) is 23.9 Å². The van der Waals surface area contributed by atoms with Crippen LogP contribution in [0.3, 0.4) is 0 Å². The molecule has 0 spiro atoms. The number of carbonyl (C=O) groups excluding carboxylic acids is 2. The van der Waals surface area contributed by atoms with Gasteiger partial charge in [0.05, 0.1) is 17.3 Å². The molecule has 0 fully saturated rings. The summed E-state index contributed by atoms with van der Waals surface area (Å²) in [7, 11) is 0. The Kier molecular flexibility index (Phi) is 5.76. The van der Waals surface area contributed by atoms with Gasteiger partial charge in [-0.1, -0.05) is 25.1 Å². The number of aryl methyl sites for hydroxylation is 1. The maximum absolute atomic E-state index is 13.3. The van der Waals surface area contributed by atoms with Gasteiger partial charge in [0.2, 0.25) is 0 Å². The fourth-order valence-corrected chi connectivity index (χ4v) is 4.12. The summed E-state index contributed by atoms with van der Waals surface area (Å²) in [5.41, 5.74) is 3.23. The summed E-state index contributed by atoms with van der Waals surface area (Å²) >= 11 is 0. The van der Waals surface area contributed by atoms with Gasteiger partial charge in [-0.05, 0) is 57.6 Å². The third-order valence-corrected chi connectivity index (χ3v) is 5.77. The average molecular weight is 421 g/mol. The van der Waals surface area contributed by atoms with Crippen LogP contribution in [0.15, 0.2) is 36.5 Å². The van der Waals surface area contributed by atoms with Crippen LogP contribution in [0.1, 0.15) is 61.8 Å². The molecule has 7 heteroatoms. The molecule has 3 aromatic rings. The second kappa shape index (κ2) is 8.49. The number of aromatic nitrogens is 3. The highest BCUT2D eigenvalue weighted by Crippen LogP contribution is 2.32. The maximum Gasteiger partial charge on any atom is 0.339 e. The van der Waals surface area contributed by atoms with Crippen LogP contribution in [0.4, 0.5) is 5.82 Å². The number of hydrogen-bond donors (Lipinski definition) is 1. The molecule has 1 aliphatic rings. The second-order valence-corrected chi connectivity index (χ2v) is 8.57.